The van der Waals surface area contributed by atoms with Crippen LogP contribution in [0.5, 0.6) is 0 Å². The topological polar surface area (TPSA) is 49.4 Å². The highest BCUT2D eigenvalue weighted by Crippen LogP contribution is 2.33. The van der Waals surface area contributed by atoms with E-state index in [9.17, 15) is 8.42 Å². The van der Waals surface area contributed by atoms with Crippen LogP contribution < -0.4 is 5.32 Å². The number of halogens is 1. The highest BCUT2D eigenvalue weighted by molar-refractivity contribution is 9.10. The van der Waals surface area contributed by atoms with Crippen molar-refractivity contribution in [3.8, 4) is 0 Å². The summed E-state index contributed by atoms with van der Waals surface area (Å²) in [4.78, 5) is 0.430. The zero-order valence-corrected chi connectivity index (χ0v) is 13.9. The molecule has 0 spiro atoms. The summed E-state index contributed by atoms with van der Waals surface area (Å²) in [7, 11) is -3.41. The summed E-state index contributed by atoms with van der Waals surface area (Å²) in [5, 5.41) is 3.33. The molecule has 0 amide bonds. The molecule has 2 unspecified atom stereocenters. The number of piperidine rings is 1. The number of aryl methyl sites for hydroxylation is 1. The van der Waals surface area contributed by atoms with E-state index >= 15 is 0 Å². The molecular formula is C14H19BrN2O2S. The molecule has 20 heavy (non-hydrogen) atoms. The molecule has 110 valence electrons. The van der Waals surface area contributed by atoms with E-state index in [0.717, 1.165) is 36.0 Å². The smallest absolute Gasteiger partial charge is 0.243 e. The van der Waals surface area contributed by atoms with Crippen molar-refractivity contribution < 1.29 is 8.42 Å². The normalized spacial score (nSPS) is 27.5. The second-order valence-corrected chi connectivity index (χ2v) is 8.43. The number of benzene rings is 1. The quantitative estimate of drug-likeness (QED) is 0.880. The second-order valence-electron chi connectivity index (χ2n) is 5.65. The molecule has 2 atom stereocenters. The fourth-order valence-corrected chi connectivity index (χ4v) is 5.79. The number of fused-ring (bicyclic) bond motifs is 1. The molecule has 0 bridgehead atoms. The molecule has 2 fully saturated rings. The molecule has 2 saturated heterocycles. The monoisotopic (exact) mass is 358 g/mol. The second kappa shape index (κ2) is 5.40. The Bertz CT molecular complexity index is 618. The largest absolute Gasteiger partial charge is 0.315 e. The zero-order valence-electron chi connectivity index (χ0n) is 11.5. The van der Waals surface area contributed by atoms with Crippen molar-refractivity contribution in [3.63, 3.8) is 0 Å². The molecule has 2 aliphatic heterocycles. The summed E-state index contributed by atoms with van der Waals surface area (Å²) >= 11 is 3.37. The lowest BCUT2D eigenvalue weighted by atomic mass is 9.94. The number of nitrogens with one attached hydrogen (secondary N) is 1. The van der Waals surface area contributed by atoms with Gasteiger partial charge in [0.15, 0.2) is 0 Å². The summed E-state index contributed by atoms with van der Waals surface area (Å²) < 4.78 is 28.5. The first-order valence-electron chi connectivity index (χ1n) is 6.99. The van der Waals surface area contributed by atoms with Crippen LogP contribution in [0.2, 0.25) is 0 Å². The number of hydrogen-bond donors (Lipinski definition) is 1. The van der Waals surface area contributed by atoms with Crippen LogP contribution in [-0.2, 0) is 10.0 Å². The van der Waals surface area contributed by atoms with Gasteiger partial charge in [-0.15, -0.1) is 0 Å². The molecule has 0 aliphatic carbocycles. The highest BCUT2D eigenvalue weighted by atomic mass is 79.9. The van der Waals surface area contributed by atoms with Gasteiger partial charge in [0.25, 0.3) is 0 Å². The molecule has 1 aromatic carbocycles. The summed E-state index contributed by atoms with van der Waals surface area (Å²) in [5.74, 6) is 0.464. The molecule has 2 aliphatic rings. The maximum Gasteiger partial charge on any atom is 0.243 e. The lowest BCUT2D eigenvalue weighted by Crippen LogP contribution is -2.48. The van der Waals surface area contributed by atoms with Crippen molar-refractivity contribution in [1.29, 1.82) is 0 Å². The average molecular weight is 359 g/mol. The first-order valence-corrected chi connectivity index (χ1v) is 9.22. The average Bonchev–Trinajstić information content (AvgIpc) is 2.89. The molecule has 2 heterocycles. The van der Waals surface area contributed by atoms with E-state index in [4.69, 9.17) is 0 Å². The van der Waals surface area contributed by atoms with Crippen LogP contribution in [0, 0.1) is 12.8 Å². The Morgan fingerprint density at radius 3 is 2.95 bits per heavy atom. The van der Waals surface area contributed by atoms with E-state index in [1.165, 1.54) is 0 Å². The first kappa shape index (κ1) is 14.5. The third kappa shape index (κ3) is 2.43. The van der Waals surface area contributed by atoms with Crippen molar-refractivity contribution in [2.75, 3.05) is 19.6 Å². The standard InChI is InChI=1S/C14H19BrN2O2S/c1-10-4-5-12(15)7-14(10)20(18,19)17-6-2-3-11-8-16-9-13(11)17/h4-5,7,11,13,16H,2-3,6,8-9H2,1H3. The fourth-order valence-electron chi connectivity index (χ4n) is 3.30. The minimum atomic E-state index is -3.41. The van der Waals surface area contributed by atoms with Crippen molar-refractivity contribution in [2.45, 2.75) is 30.7 Å². The van der Waals surface area contributed by atoms with Gasteiger partial charge in [0, 0.05) is 23.6 Å². The van der Waals surface area contributed by atoms with Crippen LogP contribution in [-0.4, -0.2) is 38.4 Å². The van der Waals surface area contributed by atoms with Crippen LogP contribution >= 0.6 is 15.9 Å². The Morgan fingerprint density at radius 2 is 2.15 bits per heavy atom. The van der Waals surface area contributed by atoms with Crippen LogP contribution in [0.4, 0.5) is 0 Å². The number of nitrogens with zero attached hydrogens (tertiary/aromatic N) is 1. The third-order valence-corrected chi connectivity index (χ3v) is 6.92. The van der Waals surface area contributed by atoms with E-state index < -0.39 is 10.0 Å². The van der Waals surface area contributed by atoms with E-state index in [0.29, 0.717) is 17.4 Å². The summed E-state index contributed by atoms with van der Waals surface area (Å²) in [5.41, 5.74) is 0.807. The molecule has 0 radical (unpaired) electrons. The summed E-state index contributed by atoms with van der Waals surface area (Å²) in [6.45, 7) is 4.20. The Morgan fingerprint density at radius 1 is 1.35 bits per heavy atom. The van der Waals surface area contributed by atoms with Crippen molar-refractivity contribution in [1.82, 2.24) is 9.62 Å². The van der Waals surface area contributed by atoms with Gasteiger partial charge in [0.05, 0.1) is 4.90 Å². The van der Waals surface area contributed by atoms with Gasteiger partial charge in [0.1, 0.15) is 0 Å². The molecular weight excluding hydrogens is 340 g/mol. The lowest BCUT2D eigenvalue weighted by molar-refractivity contribution is 0.217. The van der Waals surface area contributed by atoms with Crippen LogP contribution in [0.1, 0.15) is 18.4 Å². The van der Waals surface area contributed by atoms with Gasteiger partial charge in [-0.25, -0.2) is 8.42 Å². The van der Waals surface area contributed by atoms with Gasteiger partial charge in [-0.2, -0.15) is 4.31 Å². The highest BCUT2D eigenvalue weighted by Gasteiger charge is 2.41. The van der Waals surface area contributed by atoms with Gasteiger partial charge in [0.2, 0.25) is 10.0 Å². The minimum absolute atomic E-state index is 0.118. The van der Waals surface area contributed by atoms with Gasteiger partial charge in [-0.1, -0.05) is 22.0 Å². The third-order valence-electron chi connectivity index (χ3n) is 4.36. The predicted molar refractivity (Wildman–Crippen MR) is 82.2 cm³/mol. The molecule has 0 saturated carbocycles. The van der Waals surface area contributed by atoms with Crippen LogP contribution in [0.3, 0.4) is 0 Å². The van der Waals surface area contributed by atoms with Crippen LogP contribution in [0.15, 0.2) is 27.6 Å². The number of rotatable bonds is 2. The first-order chi connectivity index (χ1) is 9.50. The van der Waals surface area contributed by atoms with Gasteiger partial charge >= 0.3 is 0 Å². The van der Waals surface area contributed by atoms with Crippen molar-refractivity contribution in [2.24, 2.45) is 5.92 Å². The maximum absolute atomic E-state index is 13.0. The lowest BCUT2D eigenvalue weighted by Gasteiger charge is -2.36. The Labute approximate surface area is 128 Å². The van der Waals surface area contributed by atoms with Crippen molar-refractivity contribution >= 4 is 26.0 Å². The SMILES string of the molecule is Cc1ccc(Br)cc1S(=O)(=O)N1CCCC2CNCC21. The molecule has 0 aromatic heterocycles. The summed E-state index contributed by atoms with van der Waals surface area (Å²) in [6.07, 6.45) is 2.08. The predicted octanol–water partition coefficient (Wildman–Crippen LogP) is 2.13. The number of sulfonamides is 1. The van der Waals surface area contributed by atoms with Gasteiger partial charge < -0.3 is 5.32 Å². The van der Waals surface area contributed by atoms with E-state index in [1.807, 2.05) is 19.1 Å². The van der Waals surface area contributed by atoms with Gasteiger partial charge in [-0.05, 0) is 49.9 Å². The van der Waals surface area contributed by atoms with Crippen LogP contribution in [0.25, 0.3) is 0 Å². The Balaban J connectivity index is 2.00. The summed E-state index contributed by atoms with van der Waals surface area (Å²) in [6, 6.07) is 5.57. The van der Waals surface area contributed by atoms with E-state index in [-0.39, 0.29) is 6.04 Å². The fraction of sp³-hybridized carbons (Fsp3) is 0.571. The van der Waals surface area contributed by atoms with E-state index in [2.05, 4.69) is 21.2 Å². The minimum Gasteiger partial charge on any atom is -0.315 e. The number of hydrogen-bond acceptors (Lipinski definition) is 3. The molecule has 1 aromatic rings. The molecule has 6 heteroatoms. The Hall–Kier alpha value is -0.430. The molecule has 3 rings (SSSR count). The maximum atomic E-state index is 13.0. The van der Waals surface area contributed by atoms with Gasteiger partial charge in [-0.3, -0.25) is 0 Å². The molecule has 4 nitrogen and oxygen atoms in total. The molecule has 1 N–H and O–H groups in total. The van der Waals surface area contributed by atoms with Crippen molar-refractivity contribution in [3.05, 3.63) is 28.2 Å². The zero-order chi connectivity index (χ0) is 14.3. The van der Waals surface area contributed by atoms with E-state index in [1.54, 1.807) is 10.4 Å². The Kier molecular flexibility index (Phi) is 3.92.